The third-order valence-corrected chi connectivity index (χ3v) is 3.64. The molecule has 0 aliphatic carbocycles. The average Bonchev–Trinajstić information content (AvgIpc) is 2.77. The number of imidazole rings is 1. The summed E-state index contributed by atoms with van der Waals surface area (Å²) in [6.07, 6.45) is 0. The Hall–Kier alpha value is -2.21. The first-order valence-corrected chi connectivity index (χ1v) is 6.67. The summed E-state index contributed by atoms with van der Waals surface area (Å²) in [4.78, 5) is 2.97. The molecule has 3 rings (SSSR count). The molecule has 108 valence electrons. The number of nitrogens with one attached hydrogen (secondary N) is 1. The lowest BCUT2D eigenvalue weighted by Crippen LogP contribution is -2.00. The van der Waals surface area contributed by atoms with Crippen LogP contribution in [0.5, 0.6) is 5.75 Å². The lowest BCUT2D eigenvalue weighted by molar-refractivity contribution is 0.415. The second-order valence-corrected chi connectivity index (χ2v) is 5.09. The second kappa shape index (κ2) is 4.96. The fourth-order valence-electron chi connectivity index (χ4n) is 2.26. The van der Waals surface area contributed by atoms with Crippen molar-refractivity contribution >= 4 is 23.3 Å². The normalized spacial score (nSPS) is 11.0. The van der Waals surface area contributed by atoms with Crippen molar-refractivity contribution in [2.75, 3.05) is 7.11 Å². The van der Waals surface area contributed by atoms with Crippen LogP contribution in [0, 0.1) is 23.3 Å². The van der Waals surface area contributed by atoms with Gasteiger partial charge in [-0.1, -0.05) is 0 Å². The zero-order chi connectivity index (χ0) is 15.1. The highest BCUT2D eigenvalue weighted by Gasteiger charge is 2.14. The third-order valence-electron chi connectivity index (χ3n) is 3.36. The molecule has 0 bridgehead atoms. The number of ether oxygens (including phenoxy) is 1. The molecule has 0 saturated heterocycles. The lowest BCUT2D eigenvalue weighted by Gasteiger charge is -2.08. The van der Waals surface area contributed by atoms with E-state index >= 15 is 0 Å². The molecule has 6 heteroatoms. The Labute approximate surface area is 124 Å². The largest absolute Gasteiger partial charge is 0.497 e. The molecule has 3 nitrogen and oxygen atoms in total. The Kier molecular flexibility index (Phi) is 3.25. The topological polar surface area (TPSA) is 29.9 Å². The van der Waals surface area contributed by atoms with Gasteiger partial charge in [0.15, 0.2) is 4.77 Å². The number of aryl methyl sites for hydroxylation is 1. The van der Waals surface area contributed by atoms with Crippen molar-refractivity contribution in [2.24, 2.45) is 0 Å². The molecule has 2 aromatic carbocycles. The molecule has 0 aliphatic heterocycles. The number of hydrogen-bond acceptors (Lipinski definition) is 2. The van der Waals surface area contributed by atoms with Gasteiger partial charge in [0.1, 0.15) is 17.4 Å². The first-order chi connectivity index (χ1) is 10.0. The van der Waals surface area contributed by atoms with E-state index in [2.05, 4.69) is 4.98 Å². The third kappa shape index (κ3) is 2.21. The van der Waals surface area contributed by atoms with Gasteiger partial charge >= 0.3 is 0 Å². The minimum absolute atomic E-state index is 0.0829. The van der Waals surface area contributed by atoms with Crippen LogP contribution in [0.3, 0.4) is 0 Å². The number of aromatic amines is 1. The van der Waals surface area contributed by atoms with Crippen molar-refractivity contribution in [3.05, 3.63) is 52.3 Å². The van der Waals surface area contributed by atoms with E-state index < -0.39 is 11.6 Å². The first-order valence-electron chi connectivity index (χ1n) is 6.26. The number of nitrogens with zero attached hydrogens (tertiary/aromatic N) is 1. The summed E-state index contributed by atoms with van der Waals surface area (Å²) in [5, 5.41) is 0. The summed E-state index contributed by atoms with van der Waals surface area (Å²) < 4.78 is 34.8. The standard InChI is InChI=1S/C15H12F2N2OS/c1-8-5-11(17)14(7-10(8)16)19-13-4-3-9(20-2)6-12(13)18-15(19)21/h3-7H,1-2H3,(H,18,21). The molecule has 0 amide bonds. The van der Waals surface area contributed by atoms with Gasteiger partial charge in [-0.2, -0.15) is 0 Å². The van der Waals surface area contributed by atoms with E-state index in [9.17, 15) is 8.78 Å². The Morgan fingerprint density at radius 3 is 2.62 bits per heavy atom. The molecular formula is C15H12F2N2OS. The van der Waals surface area contributed by atoms with Crippen LogP contribution in [-0.2, 0) is 0 Å². The molecule has 0 saturated carbocycles. The quantitative estimate of drug-likeness (QED) is 0.716. The molecule has 1 heterocycles. The van der Waals surface area contributed by atoms with Crippen LogP contribution < -0.4 is 4.74 Å². The minimum atomic E-state index is -0.526. The second-order valence-electron chi connectivity index (χ2n) is 4.70. The number of halogens is 2. The molecule has 1 aromatic heterocycles. The summed E-state index contributed by atoms with van der Waals surface area (Å²) in [7, 11) is 1.56. The van der Waals surface area contributed by atoms with Gasteiger partial charge in [-0.25, -0.2) is 8.78 Å². The highest BCUT2D eigenvalue weighted by molar-refractivity contribution is 7.71. The van der Waals surface area contributed by atoms with E-state index in [1.807, 2.05) is 0 Å². The van der Waals surface area contributed by atoms with Crippen LogP contribution in [0.15, 0.2) is 30.3 Å². The summed E-state index contributed by atoms with van der Waals surface area (Å²) in [6.45, 7) is 1.52. The number of fused-ring (bicyclic) bond motifs is 1. The zero-order valence-electron chi connectivity index (χ0n) is 11.4. The van der Waals surface area contributed by atoms with Crippen LogP contribution in [-0.4, -0.2) is 16.7 Å². The van der Waals surface area contributed by atoms with Crippen molar-refractivity contribution < 1.29 is 13.5 Å². The molecule has 0 radical (unpaired) electrons. The molecule has 0 aliphatic rings. The molecule has 0 atom stereocenters. The Morgan fingerprint density at radius 1 is 1.14 bits per heavy atom. The summed E-state index contributed by atoms with van der Waals surface area (Å²) in [5.74, 6) is -0.348. The van der Waals surface area contributed by atoms with Gasteiger partial charge in [0, 0.05) is 12.1 Å². The van der Waals surface area contributed by atoms with Crippen molar-refractivity contribution in [3.63, 3.8) is 0 Å². The fourth-order valence-corrected chi connectivity index (χ4v) is 2.57. The number of aromatic nitrogens is 2. The van der Waals surface area contributed by atoms with E-state index in [-0.39, 0.29) is 11.3 Å². The number of methoxy groups -OCH3 is 1. The molecule has 0 spiro atoms. The van der Waals surface area contributed by atoms with E-state index in [1.165, 1.54) is 11.5 Å². The highest BCUT2D eigenvalue weighted by Crippen LogP contribution is 2.26. The van der Waals surface area contributed by atoms with Crippen LogP contribution in [0.25, 0.3) is 16.7 Å². The number of hydrogen-bond donors (Lipinski definition) is 1. The number of H-pyrrole nitrogens is 1. The van der Waals surface area contributed by atoms with Crippen molar-refractivity contribution in [3.8, 4) is 11.4 Å². The van der Waals surface area contributed by atoms with Gasteiger partial charge in [0.05, 0.1) is 23.8 Å². The van der Waals surface area contributed by atoms with E-state index in [1.54, 1.807) is 25.3 Å². The van der Waals surface area contributed by atoms with Crippen LogP contribution in [0.2, 0.25) is 0 Å². The predicted octanol–water partition coefficient (Wildman–Crippen LogP) is 4.28. The summed E-state index contributed by atoms with van der Waals surface area (Å²) >= 11 is 5.23. The van der Waals surface area contributed by atoms with Crippen molar-refractivity contribution in [2.45, 2.75) is 6.92 Å². The first kappa shape index (κ1) is 13.8. The van der Waals surface area contributed by atoms with E-state index in [0.717, 1.165) is 12.1 Å². The molecule has 0 unspecified atom stereocenters. The summed E-state index contributed by atoms with van der Waals surface area (Å²) in [5.41, 5.74) is 1.69. The van der Waals surface area contributed by atoms with Crippen molar-refractivity contribution in [1.82, 2.24) is 9.55 Å². The minimum Gasteiger partial charge on any atom is -0.497 e. The highest BCUT2D eigenvalue weighted by atomic mass is 32.1. The Balaban J connectivity index is 2.33. The van der Waals surface area contributed by atoms with Gasteiger partial charge in [0.2, 0.25) is 0 Å². The van der Waals surface area contributed by atoms with E-state index in [0.29, 0.717) is 21.6 Å². The van der Waals surface area contributed by atoms with E-state index in [4.69, 9.17) is 17.0 Å². The maximum Gasteiger partial charge on any atom is 0.182 e. The van der Waals surface area contributed by atoms with Crippen LogP contribution in [0.4, 0.5) is 8.78 Å². The SMILES string of the molecule is COc1ccc2c(c1)[nH]c(=S)n2-c1cc(F)c(C)cc1F. The number of rotatable bonds is 2. The maximum atomic E-state index is 14.2. The molecule has 1 N–H and O–H groups in total. The maximum absolute atomic E-state index is 14.2. The molecule has 21 heavy (non-hydrogen) atoms. The van der Waals surface area contributed by atoms with Gasteiger partial charge in [0.25, 0.3) is 0 Å². The number of benzene rings is 2. The predicted molar refractivity (Wildman–Crippen MR) is 79.7 cm³/mol. The fraction of sp³-hybridized carbons (Fsp3) is 0.133. The lowest BCUT2D eigenvalue weighted by atomic mass is 10.2. The van der Waals surface area contributed by atoms with Gasteiger partial charge < -0.3 is 9.72 Å². The average molecular weight is 306 g/mol. The molecule has 3 aromatic rings. The van der Waals surface area contributed by atoms with Gasteiger partial charge in [-0.15, -0.1) is 0 Å². The Morgan fingerprint density at radius 2 is 1.90 bits per heavy atom. The summed E-state index contributed by atoms with van der Waals surface area (Å²) in [6, 6.07) is 7.55. The van der Waals surface area contributed by atoms with Crippen LogP contribution in [0.1, 0.15) is 5.56 Å². The smallest absolute Gasteiger partial charge is 0.182 e. The Bertz CT molecular complexity index is 899. The zero-order valence-corrected chi connectivity index (χ0v) is 12.2. The van der Waals surface area contributed by atoms with Crippen molar-refractivity contribution in [1.29, 1.82) is 0 Å². The van der Waals surface area contributed by atoms with Gasteiger partial charge in [-0.05, 0) is 42.9 Å². The van der Waals surface area contributed by atoms with Crippen LogP contribution >= 0.6 is 12.2 Å². The molecular weight excluding hydrogens is 294 g/mol. The monoisotopic (exact) mass is 306 g/mol. The van der Waals surface area contributed by atoms with Gasteiger partial charge in [-0.3, -0.25) is 4.57 Å². The molecule has 0 fully saturated rings.